The molecule has 134 valence electrons. The smallest absolute Gasteiger partial charge is 0.119 e. The molecule has 1 aromatic heterocycles. The molecule has 2 aromatic carbocycles. The van der Waals surface area contributed by atoms with Crippen molar-refractivity contribution in [2.75, 3.05) is 13.2 Å². The SMILES string of the molecule is Cc1ccc(OCC2CCCN2Cc2ccc(-n3ccnc3)cc2)cc1. The summed E-state index contributed by atoms with van der Waals surface area (Å²) in [6.07, 6.45) is 8.05. The molecule has 1 saturated heterocycles. The van der Waals surface area contributed by atoms with Crippen molar-refractivity contribution in [2.45, 2.75) is 32.4 Å². The van der Waals surface area contributed by atoms with Gasteiger partial charge in [-0.25, -0.2) is 4.98 Å². The van der Waals surface area contributed by atoms with Crippen molar-refractivity contribution in [1.82, 2.24) is 14.5 Å². The number of benzene rings is 2. The normalized spacial score (nSPS) is 17.5. The van der Waals surface area contributed by atoms with Crippen LogP contribution in [0.5, 0.6) is 5.75 Å². The highest BCUT2D eigenvalue weighted by Gasteiger charge is 2.25. The third kappa shape index (κ3) is 3.97. The third-order valence-electron chi connectivity index (χ3n) is 5.09. The van der Waals surface area contributed by atoms with Gasteiger partial charge in [-0.15, -0.1) is 0 Å². The number of likely N-dealkylation sites (tertiary alicyclic amines) is 1. The topological polar surface area (TPSA) is 30.3 Å². The number of ether oxygens (including phenoxy) is 1. The van der Waals surface area contributed by atoms with Crippen molar-refractivity contribution in [2.24, 2.45) is 0 Å². The van der Waals surface area contributed by atoms with E-state index in [1.807, 2.05) is 17.1 Å². The van der Waals surface area contributed by atoms with E-state index < -0.39 is 0 Å². The molecule has 1 aliphatic heterocycles. The van der Waals surface area contributed by atoms with Gasteiger partial charge in [-0.3, -0.25) is 4.90 Å². The molecule has 26 heavy (non-hydrogen) atoms. The molecular formula is C22H25N3O. The highest BCUT2D eigenvalue weighted by Crippen LogP contribution is 2.22. The minimum atomic E-state index is 0.490. The van der Waals surface area contributed by atoms with Gasteiger partial charge in [0.2, 0.25) is 0 Å². The van der Waals surface area contributed by atoms with Gasteiger partial charge in [-0.1, -0.05) is 29.8 Å². The van der Waals surface area contributed by atoms with E-state index in [-0.39, 0.29) is 0 Å². The summed E-state index contributed by atoms with van der Waals surface area (Å²) in [5, 5.41) is 0. The lowest BCUT2D eigenvalue weighted by atomic mass is 10.1. The molecule has 2 heterocycles. The Balaban J connectivity index is 1.35. The maximum atomic E-state index is 6.03. The minimum absolute atomic E-state index is 0.490. The summed E-state index contributed by atoms with van der Waals surface area (Å²) in [5.74, 6) is 0.965. The van der Waals surface area contributed by atoms with Crippen LogP contribution in [0.2, 0.25) is 0 Å². The van der Waals surface area contributed by atoms with E-state index in [0.717, 1.165) is 31.1 Å². The van der Waals surface area contributed by atoms with Crippen LogP contribution >= 0.6 is 0 Å². The molecule has 0 N–H and O–H groups in total. The van der Waals surface area contributed by atoms with Crippen LogP contribution in [0.1, 0.15) is 24.0 Å². The second kappa shape index (κ2) is 7.75. The summed E-state index contributed by atoms with van der Waals surface area (Å²) in [5.41, 5.74) is 3.75. The van der Waals surface area contributed by atoms with E-state index in [0.29, 0.717) is 6.04 Å². The van der Waals surface area contributed by atoms with Crippen molar-refractivity contribution < 1.29 is 4.74 Å². The Morgan fingerprint density at radius 2 is 1.88 bits per heavy atom. The van der Waals surface area contributed by atoms with Crippen LogP contribution in [0.4, 0.5) is 0 Å². The number of imidazole rings is 1. The molecule has 4 rings (SSSR count). The lowest BCUT2D eigenvalue weighted by molar-refractivity contribution is 0.167. The van der Waals surface area contributed by atoms with Crippen LogP contribution in [-0.4, -0.2) is 33.6 Å². The van der Waals surface area contributed by atoms with Crippen LogP contribution in [-0.2, 0) is 6.54 Å². The average Bonchev–Trinajstić information content (AvgIpc) is 3.34. The highest BCUT2D eigenvalue weighted by atomic mass is 16.5. The largest absolute Gasteiger partial charge is 0.492 e. The molecule has 0 amide bonds. The van der Waals surface area contributed by atoms with Gasteiger partial charge in [0.1, 0.15) is 12.4 Å². The lowest BCUT2D eigenvalue weighted by Crippen LogP contribution is -2.33. The lowest BCUT2D eigenvalue weighted by Gasteiger charge is -2.24. The second-order valence-electron chi connectivity index (χ2n) is 7.03. The Hall–Kier alpha value is -2.59. The summed E-state index contributed by atoms with van der Waals surface area (Å²) in [6, 6.07) is 17.6. The summed E-state index contributed by atoms with van der Waals surface area (Å²) in [7, 11) is 0. The monoisotopic (exact) mass is 347 g/mol. The number of nitrogens with zero attached hydrogens (tertiary/aromatic N) is 3. The van der Waals surface area contributed by atoms with E-state index in [4.69, 9.17) is 4.74 Å². The molecule has 0 aliphatic carbocycles. The zero-order valence-corrected chi connectivity index (χ0v) is 15.2. The average molecular weight is 347 g/mol. The third-order valence-corrected chi connectivity index (χ3v) is 5.09. The molecule has 3 aromatic rings. The molecule has 0 saturated carbocycles. The molecule has 1 fully saturated rings. The van der Waals surface area contributed by atoms with Gasteiger partial charge < -0.3 is 9.30 Å². The molecule has 0 spiro atoms. The Kier molecular flexibility index (Phi) is 5.02. The number of hydrogen-bond acceptors (Lipinski definition) is 3. The van der Waals surface area contributed by atoms with Crippen molar-refractivity contribution in [3.05, 3.63) is 78.4 Å². The molecule has 0 radical (unpaired) electrons. The second-order valence-corrected chi connectivity index (χ2v) is 7.03. The summed E-state index contributed by atoms with van der Waals surface area (Å²) in [4.78, 5) is 6.65. The first-order valence-corrected chi connectivity index (χ1v) is 9.29. The fourth-order valence-corrected chi connectivity index (χ4v) is 3.54. The van der Waals surface area contributed by atoms with Gasteiger partial charge >= 0.3 is 0 Å². The standard InChI is InChI=1S/C22H25N3O/c1-18-4-10-22(11-5-18)26-16-21-3-2-13-24(21)15-19-6-8-20(9-7-19)25-14-12-23-17-25/h4-12,14,17,21H,2-3,13,15-16H2,1H3. The maximum absolute atomic E-state index is 6.03. The fraction of sp³-hybridized carbons (Fsp3) is 0.318. The van der Waals surface area contributed by atoms with E-state index in [2.05, 4.69) is 65.3 Å². The maximum Gasteiger partial charge on any atom is 0.119 e. The van der Waals surface area contributed by atoms with Gasteiger partial charge in [-0.05, 0) is 56.1 Å². The minimum Gasteiger partial charge on any atom is -0.492 e. The first kappa shape index (κ1) is 16.9. The van der Waals surface area contributed by atoms with Crippen LogP contribution in [0, 0.1) is 6.92 Å². The Bertz CT molecular complexity index is 810. The predicted octanol–water partition coefficient (Wildman–Crippen LogP) is 4.22. The predicted molar refractivity (Wildman–Crippen MR) is 104 cm³/mol. The number of aromatic nitrogens is 2. The molecule has 1 unspecified atom stereocenters. The summed E-state index contributed by atoms with van der Waals surface area (Å²) in [6.45, 7) is 4.98. The van der Waals surface area contributed by atoms with Crippen molar-refractivity contribution in [3.63, 3.8) is 0 Å². The van der Waals surface area contributed by atoms with E-state index in [1.54, 1.807) is 6.20 Å². The zero-order valence-electron chi connectivity index (χ0n) is 15.2. The number of rotatable bonds is 6. The summed E-state index contributed by atoms with van der Waals surface area (Å²) < 4.78 is 8.05. The Morgan fingerprint density at radius 1 is 1.08 bits per heavy atom. The molecular weight excluding hydrogens is 322 g/mol. The fourth-order valence-electron chi connectivity index (χ4n) is 3.54. The Morgan fingerprint density at radius 3 is 2.62 bits per heavy atom. The van der Waals surface area contributed by atoms with Gasteiger partial charge in [-0.2, -0.15) is 0 Å². The van der Waals surface area contributed by atoms with Gasteiger partial charge in [0.15, 0.2) is 0 Å². The van der Waals surface area contributed by atoms with Gasteiger partial charge in [0, 0.05) is 30.7 Å². The van der Waals surface area contributed by atoms with Crippen LogP contribution in [0.3, 0.4) is 0 Å². The first-order chi connectivity index (χ1) is 12.8. The summed E-state index contributed by atoms with van der Waals surface area (Å²) >= 11 is 0. The zero-order chi connectivity index (χ0) is 17.8. The molecule has 1 aliphatic rings. The molecule has 4 heteroatoms. The van der Waals surface area contributed by atoms with Gasteiger partial charge in [0.25, 0.3) is 0 Å². The van der Waals surface area contributed by atoms with E-state index in [9.17, 15) is 0 Å². The van der Waals surface area contributed by atoms with Crippen molar-refractivity contribution >= 4 is 0 Å². The molecule has 4 nitrogen and oxygen atoms in total. The Labute approximate surface area is 155 Å². The van der Waals surface area contributed by atoms with Crippen LogP contribution < -0.4 is 4.74 Å². The molecule has 0 bridgehead atoms. The van der Waals surface area contributed by atoms with E-state index >= 15 is 0 Å². The first-order valence-electron chi connectivity index (χ1n) is 9.29. The van der Waals surface area contributed by atoms with Crippen LogP contribution in [0.15, 0.2) is 67.3 Å². The van der Waals surface area contributed by atoms with Crippen molar-refractivity contribution in [3.8, 4) is 11.4 Å². The molecule has 1 atom stereocenters. The van der Waals surface area contributed by atoms with E-state index in [1.165, 1.54) is 24.0 Å². The van der Waals surface area contributed by atoms with Crippen molar-refractivity contribution in [1.29, 1.82) is 0 Å². The number of hydrogen-bond donors (Lipinski definition) is 0. The highest BCUT2D eigenvalue weighted by molar-refractivity contribution is 5.34. The van der Waals surface area contributed by atoms with Gasteiger partial charge in [0.05, 0.1) is 6.33 Å². The quantitative estimate of drug-likeness (QED) is 0.669. The van der Waals surface area contributed by atoms with Crippen LogP contribution in [0.25, 0.3) is 5.69 Å². The number of aryl methyl sites for hydroxylation is 1.